The number of aliphatic hydroxyl groups excluding tert-OH is 1. The summed E-state index contributed by atoms with van der Waals surface area (Å²) < 4.78 is 21.3. The van der Waals surface area contributed by atoms with E-state index in [9.17, 15) is 9.50 Å². The highest BCUT2D eigenvalue weighted by Gasteiger charge is 2.21. The van der Waals surface area contributed by atoms with Gasteiger partial charge in [-0.25, -0.2) is 9.07 Å². The number of halogens is 1. The SMILES string of the molecule is COc1ccc(-c2nn(-c3ccccc3C)cc2CN2CCC[C@H](O)C2)cc1F. The van der Waals surface area contributed by atoms with Crippen LogP contribution in [0, 0.1) is 12.7 Å². The van der Waals surface area contributed by atoms with Gasteiger partial charge in [0.25, 0.3) is 0 Å². The summed E-state index contributed by atoms with van der Waals surface area (Å²) in [6, 6.07) is 13.0. The molecule has 1 N–H and O–H groups in total. The minimum absolute atomic E-state index is 0.216. The van der Waals surface area contributed by atoms with E-state index < -0.39 is 5.82 Å². The van der Waals surface area contributed by atoms with Crippen molar-refractivity contribution in [2.24, 2.45) is 0 Å². The number of hydrogen-bond donors (Lipinski definition) is 1. The number of nitrogens with zero attached hydrogens (tertiary/aromatic N) is 3. The number of para-hydroxylation sites is 1. The van der Waals surface area contributed by atoms with Gasteiger partial charge in [0, 0.05) is 30.4 Å². The number of aliphatic hydroxyl groups is 1. The molecule has 4 rings (SSSR count). The maximum atomic E-state index is 14.4. The van der Waals surface area contributed by atoms with Crippen molar-refractivity contribution >= 4 is 0 Å². The Hall–Kier alpha value is -2.70. The fourth-order valence-corrected chi connectivity index (χ4v) is 3.94. The first-order valence-electron chi connectivity index (χ1n) is 9.94. The lowest BCUT2D eigenvalue weighted by molar-refractivity contribution is 0.0669. The number of rotatable bonds is 5. The maximum Gasteiger partial charge on any atom is 0.165 e. The van der Waals surface area contributed by atoms with E-state index in [1.54, 1.807) is 6.07 Å². The zero-order chi connectivity index (χ0) is 20.4. The molecule has 0 aliphatic carbocycles. The summed E-state index contributed by atoms with van der Waals surface area (Å²) in [5.74, 6) is -0.192. The monoisotopic (exact) mass is 395 g/mol. The lowest BCUT2D eigenvalue weighted by Gasteiger charge is -2.29. The van der Waals surface area contributed by atoms with Crippen molar-refractivity contribution in [2.45, 2.75) is 32.4 Å². The third-order valence-corrected chi connectivity index (χ3v) is 5.45. The Bertz CT molecular complexity index is 1000. The minimum Gasteiger partial charge on any atom is -0.494 e. The van der Waals surface area contributed by atoms with Crippen LogP contribution in [0.15, 0.2) is 48.7 Å². The molecule has 152 valence electrons. The van der Waals surface area contributed by atoms with Crippen LogP contribution in [0.3, 0.4) is 0 Å². The molecule has 2 aromatic carbocycles. The standard InChI is InChI=1S/C23H26FN3O2/c1-16-6-3-4-8-21(16)27-14-18(13-26-11-5-7-19(28)15-26)23(25-27)17-9-10-22(29-2)20(24)12-17/h3-4,6,8-10,12,14,19,28H,5,7,11,13,15H2,1-2H3/t19-/m0/s1. The van der Waals surface area contributed by atoms with Gasteiger partial charge in [-0.15, -0.1) is 0 Å². The van der Waals surface area contributed by atoms with Crippen LogP contribution in [0.4, 0.5) is 4.39 Å². The molecule has 5 nitrogen and oxygen atoms in total. The molecule has 1 fully saturated rings. The largest absolute Gasteiger partial charge is 0.494 e. The summed E-state index contributed by atoms with van der Waals surface area (Å²) >= 11 is 0. The Morgan fingerprint density at radius 1 is 1.24 bits per heavy atom. The molecule has 1 atom stereocenters. The molecular weight excluding hydrogens is 369 g/mol. The highest BCUT2D eigenvalue weighted by molar-refractivity contribution is 5.64. The zero-order valence-corrected chi connectivity index (χ0v) is 16.8. The van der Waals surface area contributed by atoms with Crippen molar-refractivity contribution in [3.63, 3.8) is 0 Å². The molecule has 6 heteroatoms. The smallest absolute Gasteiger partial charge is 0.165 e. The Kier molecular flexibility index (Phi) is 5.65. The Balaban J connectivity index is 1.75. The third-order valence-electron chi connectivity index (χ3n) is 5.45. The van der Waals surface area contributed by atoms with Crippen LogP contribution in [0.1, 0.15) is 24.0 Å². The summed E-state index contributed by atoms with van der Waals surface area (Å²) in [4.78, 5) is 2.23. The van der Waals surface area contributed by atoms with E-state index in [2.05, 4.69) is 4.90 Å². The Labute approximate surface area is 170 Å². The second-order valence-electron chi connectivity index (χ2n) is 7.61. The van der Waals surface area contributed by atoms with Crippen LogP contribution in [-0.2, 0) is 6.54 Å². The van der Waals surface area contributed by atoms with Gasteiger partial charge in [-0.3, -0.25) is 4.90 Å². The predicted molar refractivity (Wildman–Crippen MR) is 111 cm³/mol. The number of likely N-dealkylation sites (tertiary alicyclic amines) is 1. The molecule has 1 aliphatic heterocycles. The number of methoxy groups -OCH3 is 1. The van der Waals surface area contributed by atoms with E-state index in [0.717, 1.165) is 41.9 Å². The average molecular weight is 395 g/mol. The van der Waals surface area contributed by atoms with Crippen molar-refractivity contribution < 1.29 is 14.2 Å². The van der Waals surface area contributed by atoms with Crippen LogP contribution >= 0.6 is 0 Å². The van der Waals surface area contributed by atoms with Gasteiger partial charge in [0.2, 0.25) is 0 Å². The summed E-state index contributed by atoms with van der Waals surface area (Å²) in [5, 5.41) is 14.8. The molecule has 0 spiro atoms. The van der Waals surface area contributed by atoms with E-state index in [1.807, 2.05) is 48.1 Å². The van der Waals surface area contributed by atoms with E-state index >= 15 is 0 Å². The molecule has 0 amide bonds. The van der Waals surface area contributed by atoms with Gasteiger partial charge in [-0.1, -0.05) is 18.2 Å². The summed E-state index contributed by atoms with van der Waals surface area (Å²) in [6.07, 6.45) is 3.53. The van der Waals surface area contributed by atoms with Crippen molar-refractivity contribution in [1.29, 1.82) is 0 Å². The fourth-order valence-electron chi connectivity index (χ4n) is 3.94. The van der Waals surface area contributed by atoms with Crippen molar-refractivity contribution in [3.05, 3.63) is 65.6 Å². The van der Waals surface area contributed by atoms with Crippen LogP contribution in [0.2, 0.25) is 0 Å². The third kappa shape index (κ3) is 4.18. The molecule has 1 aromatic heterocycles. The lowest BCUT2D eigenvalue weighted by Crippen LogP contribution is -2.37. The van der Waals surface area contributed by atoms with Gasteiger partial charge in [0.15, 0.2) is 11.6 Å². The zero-order valence-electron chi connectivity index (χ0n) is 16.8. The van der Waals surface area contributed by atoms with Crippen LogP contribution in [0.25, 0.3) is 16.9 Å². The van der Waals surface area contributed by atoms with Gasteiger partial charge in [-0.2, -0.15) is 5.10 Å². The van der Waals surface area contributed by atoms with Crippen molar-refractivity contribution in [1.82, 2.24) is 14.7 Å². The number of hydrogen-bond acceptors (Lipinski definition) is 4. The number of β-amino-alcohol motifs (C(OH)–C–C–N with tert-alkyl or cyclic N) is 1. The van der Waals surface area contributed by atoms with Gasteiger partial charge in [0.05, 0.1) is 24.6 Å². The number of aromatic nitrogens is 2. The first kappa shape index (κ1) is 19.6. The van der Waals surface area contributed by atoms with Gasteiger partial charge in [-0.05, 0) is 56.1 Å². The fraction of sp³-hybridized carbons (Fsp3) is 0.348. The first-order chi connectivity index (χ1) is 14.0. The van der Waals surface area contributed by atoms with Crippen LogP contribution in [0.5, 0.6) is 5.75 Å². The quantitative estimate of drug-likeness (QED) is 0.711. The molecule has 29 heavy (non-hydrogen) atoms. The van der Waals surface area contributed by atoms with Crippen LogP contribution < -0.4 is 4.74 Å². The van der Waals surface area contributed by atoms with Crippen molar-refractivity contribution in [3.8, 4) is 22.7 Å². The lowest BCUT2D eigenvalue weighted by atomic mass is 10.0. The minimum atomic E-state index is -0.408. The molecule has 1 aliphatic rings. The Morgan fingerprint density at radius 3 is 2.79 bits per heavy atom. The second kappa shape index (κ2) is 8.35. The summed E-state index contributed by atoms with van der Waals surface area (Å²) in [5.41, 5.74) is 4.57. The molecule has 0 saturated carbocycles. The van der Waals surface area contributed by atoms with E-state index in [1.165, 1.54) is 13.2 Å². The molecule has 0 unspecified atom stereocenters. The molecular formula is C23H26FN3O2. The maximum absolute atomic E-state index is 14.4. The molecule has 2 heterocycles. The van der Waals surface area contributed by atoms with E-state index in [0.29, 0.717) is 18.7 Å². The second-order valence-corrected chi connectivity index (χ2v) is 7.61. The Morgan fingerprint density at radius 2 is 2.07 bits per heavy atom. The number of aryl methyl sites for hydroxylation is 1. The topological polar surface area (TPSA) is 50.5 Å². The van der Waals surface area contributed by atoms with Crippen molar-refractivity contribution in [2.75, 3.05) is 20.2 Å². The predicted octanol–water partition coefficient (Wildman–Crippen LogP) is 3.95. The molecule has 0 bridgehead atoms. The van der Waals surface area contributed by atoms with Crippen LogP contribution in [-0.4, -0.2) is 46.1 Å². The molecule has 0 radical (unpaired) electrons. The normalized spacial score (nSPS) is 17.4. The highest BCUT2D eigenvalue weighted by Crippen LogP contribution is 2.29. The molecule has 1 saturated heterocycles. The first-order valence-corrected chi connectivity index (χ1v) is 9.94. The summed E-state index contributed by atoms with van der Waals surface area (Å²) in [7, 11) is 1.46. The van der Waals surface area contributed by atoms with Gasteiger partial charge < -0.3 is 9.84 Å². The highest BCUT2D eigenvalue weighted by atomic mass is 19.1. The van der Waals surface area contributed by atoms with Gasteiger partial charge in [0.1, 0.15) is 0 Å². The molecule has 3 aromatic rings. The number of piperidine rings is 1. The number of ether oxygens (including phenoxy) is 1. The van der Waals surface area contributed by atoms with Gasteiger partial charge >= 0.3 is 0 Å². The average Bonchev–Trinajstić information content (AvgIpc) is 3.11. The van der Waals surface area contributed by atoms with E-state index in [4.69, 9.17) is 9.84 Å². The van der Waals surface area contributed by atoms with E-state index in [-0.39, 0.29) is 11.9 Å². The summed E-state index contributed by atoms with van der Waals surface area (Å²) in [6.45, 7) is 4.28. The number of benzene rings is 2.